The molecule has 1 rings (SSSR count). The lowest BCUT2D eigenvalue weighted by molar-refractivity contribution is -0.130. The van der Waals surface area contributed by atoms with Gasteiger partial charge >= 0.3 is 0 Å². The van der Waals surface area contributed by atoms with Gasteiger partial charge in [-0.2, -0.15) is 0 Å². The molecule has 1 aromatic heterocycles. The summed E-state index contributed by atoms with van der Waals surface area (Å²) in [5, 5.41) is 3.16. The van der Waals surface area contributed by atoms with E-state index in [-0.39, 0.29) is 11.9 Å². The molecule has 0 aliphatic carbocycles. The Labute approximate surface area is 90.1 Å². The van der Waals surface area contributed by atoms with Crippen LogP contribution in [0.2, 0.25) is 0 Å². The van der Waals surface area contributed by atoms with Crippen LogP contribution >= 0.6 is 0 Å². The molecule has 84 valence electrons. The van der Waals surface area contributed by atoms with Gasteiger partial charge in [0.25, 0.3) is 0 Å². The monoisotopic (exact) mass is 210 g/mol. The molecule has 5 nitrogen and oxygen atoms in total. The Hall–Kier alpha value is -1.36. The van der Waals surface area contributed by atoms with Crippen LogP contribution in [-0.4, -0.2) is 47.0 Å². The quantitative estimate of drug-likeness (QED) is 0.741. The highest BCUT2D eigenvalue weighted by Crippen LogP contribution is 1.89. The highest BCUT2D eigenvalue weighted by Gasteiger charge is 2.12. The van der Waals surface area contributed by atoms with Crippen LogP contribution in [0.25, 0.3) is 0 Å². The summed E-state index contributed by atoms with van der Waals surface area (Å²) in [4.78, 5) is 17.0. The van der Waals surface area contributed by atoms with E-state index >= 15 is 0 Å². The molecule has 1 aromatic rings. The number of imidazole rings is 1. The van der Waals surface area contributed by atoms with Crippen LogP contribution < -0.4 is 5.32 Å². The van der Waals surface area contributed by atoms with E-state index in [0.29, 0.717) is 0 Å². The molecule has 5 heteroatoms. The number of hydrogen-bond donors (Lipinski definition) is 1. The molecule has 0 fully saturated rings. The lowest BCUT2D eigenvalue weighted by Crippen LogP contribution is -2.42. The number of amides is 1. The number of carbonyl (C=O) groups is 1. The van der Waals surface area contributed by atoms with Crippen LogP contribution in [0.4, 0.5) is 0 Å². The first-order valence-electron chi connectivity index (χ1n) is 5.01. The second kappa shape index (κ2) is 5.50. The zero-order valence-electron chi connectivity index (χ0n) is 9.47. The van der Waals surface area contributed by atoms with E-state index in [2.05, 4.69) is 10.3 Å². The largest absolute Gasteiger partial charge is 0.347 e. The fraction of sp³-hybridized carbons (Fsp3) is 0.600. The van der Waals surface area contributed by atoms with E-state index in [0.717, 1.165) is 13.1 Å². The molecule has 1 N–H and O–H groups in total. The van der Waals surface area contributed by atoms with Crippen LogP contribution in [-0.2, 0) is 11.3 Å². The smallest absolute Gasteiger partial charge is 0.238 e. The fourth-order valence-electron chi connectivity index (χ4n) is 1.30. The molecule has 0 saturated carbocycles. The molecule has 1 atom stereocenters. The Morgan fingerprint density at radius 1 is 1.60 bits per heavy atom. The van der Waals surface area contributed by atoms with Crippen molar-refractivity contribution in [3.8, 4) is 0 Å². The predicted octanol–water partition coefficient (Wildman–Crippen LogP) is -0.0506. The Kier molecular flexibility index (Phi) is 4.30. The van der Waals surface area contributed by atoms with Crippen molar-refractivity contribution in [1.29, 1.82) is 0 Å². The van der Waals surface area contributed by atoms with Crippen LogP contribution in [0.3, 0.4) is 0 Å². The topological polar surface area (TPSA) is 50.2 Å². The maximum atomic E-state index is 11.5. The highest BCUT2D eigenvalue weighted by molar-refractivity contribution is 5.80. The molecule has 0 aliphatic rings. The van der Waals surface area contributed by atoms with Crippen molar-refractivity contribution < 1.29 is 4.79 Å². The number of nitrogens with one attached hydrogen (secondary N) is 1. The van der Waals surface area contributed by atoms with E-state index in [4.69, 9.17) is 0 Å². The third-order valence-electron chi connectivity index (χ3n) is 2.19. The Morgan fingerprint density at radius 3 is 2.87 bits per heavy atom. The molecule has 0 aromatic carbocycles. The maximum absolute atomic E-state index is 11.5. The van der Waals surface area contributed by atoms with Crippen LogP contribution in [0.5, 0.6) is 0 Å². The van der Waals surface area contributed by atoms with Gasteiger partial charge in [0.15, 0.2) is 0 Å². The molecule has 0 saturated heterocycles. The van der Waals surface area contributed by atoms with E-state index < -0.39 is 0 Å². The SMILES string of the molecule is CC(NCCn1ccnc1)C(=O)N(C)C. The minimum Gasteiger partial charge on any atom is -0.347 e. The molecular weight excluding hydrogens is 192 g/mol. The number of rotatable bonds is 5. The van der Waals surface area contributed by atoms with Gasteiger partial charge in [0.1, 0.15) is 0 Å². The average Bonchev–Trinajstić information content (AvgIpc) is 2.69. The molecule has 1 unspecified atom stereocenters. The summed E-state index contributed by atoms with van der Waals surface area (Å²) in [6.07, 6.45) is 5.41. The van der Waals surface area contributed by atoms with E-state index in [9.17, 15) is 4.79 Å². The summed E-state index contributed by atoms with van der Waals surface area (Å²) in [5.41, 5.74) is 0. The number of carbonyl (C=O) groups excluding carboxylic acids is 1. The van der Waals surface area contributed by atoms with Crippen molar-refractivity contribution in [3.63, 3.8) is 0 Å². The van der Waals surface area contributed by atoms with Crippen LogP contribution in [0.15, 0.2) is 18.7 Å². The van der Waals surface area contributed by atoms with Gasteiger partial charge in [0.2, 0.25) is 5.91 Å². The van der Waals surface area contributed by atoms with Gasteiger partial charge in [-0.25, -0.2) is 4.98 Å². The normalized spacial score (nSPS) is 12.5. The van der Waals surface area contributed by atoms with Gasteiger partial charge in [-0.05, 0) is 6.92 Å². The maximum Gasteiger partial charge on any atom is 0.238 e. The number of nitrogens with zero attached hydrogens (tertiary/aromatic N) is 3. The third kappa shape index (κ3) is 3.71. The van der Waals surface area contributed by atoms with E-state index in [1.54, 1.807) is 31.5 Å². The lowest BCUT2D eigenvalue weighted by atomic mass is 10.3. The first kappa shape index (κ1) is 11.7. The zero-order chi connectivity index (χ0) is 11.3. The number of likely N-dealkylation sites (N-methyl/N-ethyl adjacent to an activating group) is 1. The van der Waals surface area contributed by atoms with Gasteiger partial charge in [-0.1, -0.05) is 0 Å². The average molecular weight is 210 g/mol. The van der Waals surface area contributed by atoms with E-state index in [1.807, 2.05) is 17.7 Å². The molecule has 0 aliphatic heterocycles. The molecule has 0 spiro atoms. The van der Waals surface area contributed by atoms with Gasteiger partial charge < -0.3 is 14.8 Å². The van der Waals surface area contributed by atoms with Crippen molar-refractivity contribution in [2.24, 2.45) is 0 Å². The third-order valence-corrected chi connectivity index (χ3v) is 2.19. The summed E-state index contributed by atoms with van der Waals surface area (Å²) in [6.45, 7) is 3.46. The van der Waals surface area contributed by atoms with Crippen LogP contribution in [0.1, 0.15) is 6.92 Å². The molecule has 15 heavy (non-hydrogen) atoms. The van der Waals surface area contributed by atoms with E-state index in [1.165, 1.54) is 0 Å². The first-order chi connectivity index (χ1) is 7.11. The minimum atomic E-state index is -0.136. The summed E-state index contributed by atoms with van der Waals surface area (Å²) < 4.78 is 1.97. The predicted molar refractivity (Wildman–Crippen MR) is 58.4 cm³/mol. The van der Waals surface area contributed by atoms with Crippen molar-refractivity contribution in [2.75, 3.05) is 20.6 Å². The number of hydrogen-bond acceptors (Lipinski definition) is 3. The summed E-state index contributed by atoms with van der Waals surface area (Å²) >= 11 is 0. The highest BCUT2D eigenvalue weighted by atomic mass is 16.2. The van der Waals surface area contributed by atoms with Crippen molar-refractivity contribution in [2.45, 2.75) is 19.5 Å². The number of aromatic nitrogens is 2. The van der Waals surface area contributed by atoms with Crippen LogP contribution in [0, 0.1) is 0 Å². The Balaban J connectivity index is 2.23. The van der Waals surface area contributed by atoms with Crippen molar-refractivity contribution in [3.05, 3.63) is 18.7 Å². The van der Waals surface area contributed by atoms with Crippen molar-refractivity contribution in [1.82, 2.24) is 19.8 Å². The van der Waals surface area contributed by atoms with Gasteiger partial charge in [0.05, 0.1) is 12.4 Å². The molecule has 0 bridgehead atoms. The molecule has 0 radical (unpaired) electrons. The second-order valence-corrected chi connectivity index (χ2v) is 3.71. The Bertz CT molecular complexity index is 294. The minimum absolute atomic E-state index is 0.0978. The van der Waals surface area contributed by atoms with Gasteiger partial charge in [0, 0.05) is 39.6 Å². The molecule has 1 amide bonds. The standard InChI is InChI=1S/C10H18N4O/c1-9(10(15)13(2)3)12-5-7-14-6-4-11-8-14/h4,6,8-9,12H,5,7H2,1-3H3. The summed E-state index contributed by atoms with van der Waals surface area (Å²) in [7, 11) is 3.52. The zero-order valence-corrected chi connectivity index (χ0v) is 9.47. The molecule has 1 heterocycles. The molecular formula is C10H18N4O. The summed E-state index contributed by atoms with van der Waals surface area (Å²) in [5.74, 6) is 0.0978. The van der Waals surface area contributed by atoms with Gasteiger partial charge in [-0.3, -0.25) is 4.79 Å². The van der Waals surface area contributed by atoms with Gasteiger partial charge in [-0.15, -0.1) is 0 Å². The first-order valence-corrected chi connectivity index (χ1v) is 5.01. The lowest BCUT2D eigenvalue weighted by Gasteiger charge is -2.17. The second-order valence-electron chi connectivity index (χ2n) is 3.71. The summed E-state index contributed by atoms with van der Waals surface area (Å²) in [6, 6.07) is -0.136. The fourth-order valence-corrected chi connectivity index (χ4v) is 1.30. The van der Waals surface area contributed by atoms with Crippen molar-refractivity contribution >= 4 is 5.91 Å². The Morgan fingerprint density at radius 2 is 2.33 bits per heavy atom.